The highest BCUT2D eigenvalue weighted by Gasteiger charge is 2.20. The second-order valence-corrected chi connectivity index (χ2v) is 6.62. The second kappa shape index (κ2) is 5.98. The van der Waals surface area contributed by atoms with Crippen molar-refractivity contribution in [2.24, 2.45) is 5.73 Å². The number of nitrogens with one attached hydrogen (secondary N) is 1. The molecule has 0 amide bonds. The topological polar surface area (TPSA) is 38.0 Å². The fourth-order valence-electron chi connectivity index (χ4n) is 2.84. The Hall–Kier alpha value is -0.380. The predicted molar refractivity (Wildman–Crippen MR) is 75.6 cm³/mol. The number of aryl methyl sites for hydroxylation is 2. The third-order valence-electron chi connectivity index (χ3n) is 3.73. The van der Waals surface area contributed by atoms with E-state index in [0.29, 0.717) is 18.6 Å². The van der Waals surface area contributed by atoms with E-state index in [2.05, 4.69) is 25.2 Å². The SMILES string of the molecule is Cc1cc(C(CN)NC2CCCCC2)c(C)s1. The fourth-order valence-corrected chi connectivity index (χ4v) is 3.82. The molecule has 0 aromatic carbocycles. The molecule has 2 nitrogen and oxygen atoms in total. The number of hydrogen-bond donors (Lipinski definition) is 2. The monoisotopic (exact) mass is 252 g/mol. The molecule has 1 aromatic rings. The summed E-state index contributed by atoms with van der Waals surface area (Å²) in [5.74, 6) is 0. The molecule has 1 aliphatic rings. The van der Waals surface area contributed by atoms with E-state index in [0.717, 1.165) is 0 Å². The van der Waals surface area contributed by atoms with Gasteiger partial charge in [0.15, 0.2) is 0 Å². The lowest BCUT2D eigenvalue weighted by Crippen LogP contribution is -2.37. The van der Waals surface area contributed by atoms with Crippen molar-refractivity contribution in [2.45, 2.75) is 58.0 Å². The van der Waals surface area contributed by atoms with Crippen LogP contribution < -0.4 is 11.1 Å². The molecular weight excluding hydrogens is 228 g/mol. The van der Waals surface area contributed by atoms with Gasteiger partial charge in [-0.05, 0) is 38.3 Å². The van der Waals surface area contributed by atoms with Gasteiger partial charge in [0.1, 0.15) is 0 Å². The third-order valence-corrected chi connectivity index (χ3v) is 4.71. The van der Waals surface area contributed by atoms with Crippen molar-refractivity contribution in [1.82, 2.24) is 5.32 Å². The van der Waals surface area contributed by atoms with E-state index in [1.165, 1.54) is 47.4 Å². The van der Waals surface area contributed by atoms with E-state index in [4.69, 9.17) is 5.73 Å². The van der Waals surface area contributed by atoms with Gasteiger partial charge in [-0.3, -0.25) is 0 Å². The first kappa shape index (κ1) is 13.1. The van der Waals surface area contributed by atoms with Crippen molar-refractivity contribution in [2.75, 3.05) is 6.54 Å². The quantitative estimate of drug-likeness (QED) is 0.863. The highest BCUT2D eigenvalue weighted by atomic mass is 32.1. The molecule has 1 saturated carbocycles. The summed E-state index contributed by atoms with van der Waals surface area (Å²) in [6.45, 7) is 5.08. The van der Waals surface area contributed by atoms with Crippen LogP contribution in [0.5, 0.6) is 0 Å². The highest BCUT2D eigenvalue weighted by molar-refractivity contribution is 7.12. The Labute approximate surface area is 109 Å². The Balaban J connectivity index is 2.02. The van der Waals surface area contributed by atoms with Gasteiger partial charge in [0.05, 0.1) is 0 Å². The van der Waals surface area contributed by atoms with Crippen LogP contribution in [0.1, 0.15) is 53.5 Å². The molecule has 0 bridgehead atoms. The van der Waals surface area contributed by atoms with Gasteiger partial charge >= 0.3 is 0 Å². The average molecular weight is 252 g/mol. The Bertz CT molecular complexity index is 353. The number of nitrogens with two attached hydrogens (primary N) is 1. The molecule has 1 aromatic heterocycles. The first-order chi connectivity index (χ1) is 8.20. The minimum atomic E-state index is 0.350. The van der Waals surface area contributed by atoms with Crippen LogP contribution in [0.3, 0.4) is 0 Å². The van der Waals surface area contributed by atoms with Gasteiger partial charge in [-0.2, -0.15) is 0 Å². The Morgan fingerprint density at radius 1 is 1.35 bits per heavy atom. The summed E-state index contributed by atoms with van der Waals surface area (Å²) in [6, 6.07) is 3.33. The number of rotatable bonds is 4. The van der Waals surface area contributed by atoms with E-state index in [1.807, 2.05) is 11.3 Å². The predicted octanol–water partition coefficient (Wildman–Crippen LogP) is 3.29. The molecule has 1 atom stereocenters. The van der Waals surface area contributed by atoms with Crippen LogP contribution in [0, 0.1) is 13.8 Å². The van der Waals surface area contributed by atoms with Crippen molar-refractivity contribution in [3.63, 3.8) is 0 Å². The van der Waals surface area contributed by atoms with E-state index in [-0.39, 0.29) is 0 Å². The smallest absolute Gasteiger partial charge is 0.0457 e. The normalized spacial score (nSPS) is 19.5. The molecule has 1 fully saturated rings. The summed E-state index contributed by atoms with van der Waals surface area (Å²) in [5, 5.41) is 3.76. The van der Waals surface area contributed by atoms with Crippen LogP contribution in [-0.2, 0) is 0 Å². The maximum absolute atomic E-state index is 5.94. The standard InChI is InChI=1S/C14H24N2S/c1-10-8-13(11(2)17-10)14(9-15)16-12-6-4-3-5-7-12/h8,12,14,16H,3-7,9,15H2,1-2H3. The minimum absolute atomic E-state index is 0.350. The lowest BCUT2D eigenvalue weighted by atomic mass is 9.94. The van der Waals surface area contributed by atoms with Crippen LogP contribution in [0.25, 0.3) is 0 Å². The van der Waals surface area contributed by atoms with Crippen molar-refractivity contribution >= 4 is 11.3 Å². The molecule has 0 saturated heterocycles. The number of hydrogen-bond acceptors (Lipinski definition) is 3. The Morgan fingerprint density at radius 2 is 2.06 bits per heavy atom. The molecule has 0 aliphatic heterocycles. The lowest BCUT2D eigenvalue weighted by Gasteiger charge is -2.28. The molecule has 2 rings (SSSR count). The highest BCUT2D eigenvalue weighted by Crippen LogP contribution is 2.28. The molecule has 0 radical (unpaired) electrons. The van der Waals surface area contributed by atoms with E-state index < -0.39 is 0 Å². The molecule has 0 spiro atoms. The third kappa shape index (κ3) is 3.30. The maximum Gasteiger partial charge on any atom is 0.0457 e. The van der Waals surface area contributed by atoms with E-state index in [1.54, 1.807) is 0 Å². The van der Waals surface area contributed by atoms with Crippen molar-refractivity contribution < 1.29 is 0 Å². The van der Waals surface area contributed by atoms with Gasteiger partial charge in [-0.15, -0.1) is 11.3 Å². The first-order valence-corrected chi connectivity index (χ1v) is 7.55. The van der Waals surface area contributed by atoms with Crippen molar-refractivity contribution in [3.8, 4) is 0 Å². The Kier molecular flexibility index (Phi) is 4.60. The summed E-state index contributed by atoms with van der Waals surface area (Å²) in [6.07, 6.45) is 6.78. The summed E-state index contributed by atoms with van der Waals surface area (Å²) < 4.78 is 0. The molecule has 1 heterocycles. The van der Waals surface area contributed by atoms with E-state index >= 15 is 0 Å². The summed E-state index contributed by atoms with van der Waals surface area (Å²) in [4.78, 5) is 2.81. The van der Waals surface area contributed by atoms with Gasteiger partial charge in [0, 0.05) is 28.4 Å². The van der Waals surface area contributed by atoms with Gasteiger partial charge in [0.25, 0.3) is 0 Å². The van der Waals surface area contributed by atoms with Crippen LogP contribution >= 0.6 is 11.3 Å². The molecule has 17 heavy (non-hydrogen) atoms. The number of thiophene rings is 1. The molecule has 3 heteroatoms. The van der Waals surface area contributed by atoms with Crippen LogP contribution in [0.15, 0.2) is 6.07 Å². The lowest BCUT2D eigenvalue weighted by molar-refractivity contribution is 0.340. The van der Waals surface area contributed by atoms with E-state index in [9.17, 15) is 0 Å². The Morgan fingerprint density at radius 3 is 2.59 bits per heavy atom. The second-order valence-electron chi connectivity index (χ2n) is 5.16. The summed E-state index contributed by atoms with van der Waals surface area (Å²) >= 11 is 1.88. The molecule has 1 aliphatic carbocycles. The summed E-state index contributed by atoms with van der Waals surface area (Å²) in [5.41, 5.74) is 7.36. The zero-order valence-corrected chi connectivity index (χ0v) is 11.8. The zero-order valence-electron chi connectivity index (χ0n) is 11.0. The van der Waals surface area contributed by atoms with Gasteiger partial charge in [-0.1, -0.05) is 19.3 Å². The minimum Gasteiger partial charge on any atom is -0.329 e. The van der Waals surface area contributed by atoms with Crippen LogP contribution in [-0.4, -0.2) is 12.6 Å². The van der Waals surface area contributed by atoms with Crippen molar-refractivity contribution in [1.29, 1.82) is 0 Å². The van der Waals surface area contributed by atoms with Gasteiger partial charge < -0.3 is 11.1 Å². The zero-order chi connectivity index (χ0) is 12.3. The van der Waals surface area contributed by atoms with Crippen molar-refractivity contribution in [3.05, 3.63) is 21.4 Å². The molecule has 96 valence electrons. The molecule has 1 unspecified atom stereocenters. The maximum atomic E-state index is 5.94. The molecular formula is C14H24N2S. The van der Waals surface area contributed by atoms with Gasteiger partial charge in [-0.25, -0.2) is 0 Å². The van der Waals surface area contributed by atoms with Gasteiger partial charge in [0.2, 0.25) is 0 Å². The fraction of sp³-hybridized carbons (Fsp3) is 0.714. The first-order valence-electron chi connectivity index (χ1n) is 6.73. The largest absolute Gasteiger partial charge is 0.329 e. The molecule has 3 N–H and O–H groups in total. The summed E-state index contributed by atoms with van der Waals surface area (Å²) in [7, 11) is 0. The average Bonchev–Trinajstić information content (AvgIpc) is 2.67. The van der Waals surface area contributed by atoms with Crippen LogP contribution in [0.2, 0.25) is 0 Å². The van der Waals surface area contributed by atoms with Crippen LogP contribution in [0.4, 0.5) is 0 Å².